The molecule has 3 heterocycles. The molecule has 0 spiro atoms. The van der Waals surface area contributed by atoms with Crippen LogP contribution < -0.4 is 4.74 Å². The minimum atomic E-state index is -0.0900. The van der Waals surface area contributed by atoms with Gasteiger partial charge in [-0.15, -0.1) is 0 Å². The Morgan fingerprint density at radius 3 is 2.84 bits per heavy atom. The SMILES string of the molecule is Cc1nn(C)c(C)c1[C@@H]1CCCN1C(=O)[C@@H]1COc2ccccc2C1. The van der Waals surface area contributed by atoms with E-state index in [1.165, 1.54) is 5.56 Å². The van der Waals surface area contributed by atoms with Crippen molar-refractivity contribution >= 4 is 5.91 Å². The molecule has 4 rings (SSSR count). The Labute approximate surface area is 148 Å². The number of likely N-dealkylation sites (tertiary alicyclic amines) is 1. The Hall–Kier alpha value is -2.30. The van der Waals surface area contributed by atoms with E-state index in [9.17, 15) is 4.79 Å². The van der Waals surface area contributed by atoms with Crippen LogP contribution in [-0.4, -0.2) is 33.7 Å². The standard InChI is InChI=1S/C20H25N3O2/c1-13-19(14(2)22(3)21-13)17-8-6-10-23(17)20(24)16-11-15-7-4-5-9-18(15)25-12-16/h4-5,7,9,16-17H,6,8,10-12H2,1-3H3/t16-,17-/m0/s1. The third kappa shape index (κ3) is 2.71. The maximum absolute atomic E-state index is 13.2. The van der Waals surface area contributed by atoms with E-state index in [1.807, 2.05) is 36.9 Å². The Bertz CT molecular complexity index is 811. The van der Waals surface area contributed by atoms with Crippen LogP contribution in [0.2, 0.25) is 0 Å². The lowest BCUT2D eigenvalue weighted by Crippen LogP contribution is -2.40. The van der Waals surface area contributed by atoms with Gasteiger partial charge in [0.1, 0.15) is 12.4 Å². The van der Waals surface area contributed by atoms with Gasteiger partial charge in [0.15, 0.2) is 0 Å². The van der Waals surface area contributed by atoms with Gasteiger partial charge in [0, 0.05) is 24.8 Å². The molecule has 0 aliphatic carbocycles. The maximum Gasteiger partial charge on any atom is 0.229 e. The third-order valence-electron chi connectivity index (χ3n) is 5.66. The molecule has 1 amide bonds. The normalized spacial score (nSPS) is 22.6. The second kappa shape index (κ2) is 6.21. The van der Waals surface area contributed by atoms with E-state index < -0.39 is 0 Å². The minimum Gasteiger partial charge on any atom is -0.492 e. The first-order valence-corrected chi connectivity index (χ1v) is 9.07. The highest BCUT2D eigenvalue weighted by Crippen LogP contribution is 2.37. The lowest BCUT2D eigenvalue weighted by atomic mass is 9.94. The second-order valence-corrected chi connectivity index (χ2v) is 7.22. The van der Waals surface area contributed by atoms with Crippen molar-refractivity contribution < 1.29 is 9.53 Å². The summed E-state index contributed by atoms with van der Waals surface area (Å²) in [6.07, 6.45) is 2.83. The first-order chi connectivity index (χ1) is 12.1. The highest BCUT2D eigenvalue weighted by molar-refractivity contribution is 5.80. The van der Waals surface area contributed by atoms with Gasteiger partial charge in [-0.3, -0.25) is 9.48 Å². The molecule has 25 heavy (non-hydrogen) atoms. The van der Waals surface area contributed by atoms with Crippen molar-refractivity contribution in [1.29, 1.82) is 0 Å². The van der Waals surface area contributed by atoms with Gasteiger partial charge in [0.2, 0.25) is 5.91 Å². The summed E-state index contributed by atoms with van der Waals surface area (Å²) in [6.45, 7) is 5.44. The predicted octanol–water partition coefficient (Wildman–Crippen LogP) is 2.95. The van der Waals surface area contributed by atoms with Gasteiger partial charge < -0.3 is 9.64 Å². The molecule has 0 radical (unpaired) electrons. The number of rotatable bonds is 2. The van der Waals surface area contributed by atoms with Gasteiger partial charge >= 0.3 is 0 Å². The summed E-state index contributed by atoms with van der Waals surface area (Å²) in [5.74, 6) is 1.05. The number of hydrogen-bond donors (Lipinski definition) is 0. The Morgan fingerprint density at radius 2 is 2.08 bits per heavy atom. The fraction of sp³-hybridized carbons (Fsp3) is 0.500. The molecule has 1 fully saturated rings. The number of aryl methyl sites for hydroxylation is 2. The summed E-state index contributed by atoms with van der Waals surface area (Å²) < 4.78 is 7.77. The molecule has 0 saturated carbocycles. The number of benzene rings is 1. The van der Waals surface area contributed by atoms with E-state index in [0.717, 1.165) is 48.5 Å². The number of aromatic nitrogens is 2. The molecule has 0 bridgehead atoms. The number of hydrogen-bond acceptors (Lipinski definition) is 3. The zero-order valence-electron chi connectivity index (χ0n) is 15.2. The predicted molar refractivity (Wildman–Crippen MR) is 95.5 cm³/mol. The van der Waals surface area contributed by atoms with Crippen LogP contribution in [0.1, 0.15) is 41.4 Å². The van der Waals surface area contributed by atoms with Crippen LogP contribution in [0, 0.1) is 19.8 Å². The van der Waals surface area contributed by atoms with Crippen molar-refractivity contribution in [1.82, 2.24) is 14.7 Å². The molecule has 2 aliphatic rings. The number of ether oxygens (including phenoxy) is 1. The van der Waals surface area contributed by atoms with Crippen LogP contribution >= 0.6 is 0 Å². The van der Waals surface area contributed by atoms with Crippen molar-refractivity contribution in [2.24, 2.45) is 13.0 Å². The van der Waals surface area contributed by atoms with Gasteiger partial charge in [-0.1, -0.05) is 18.2 Å². The fourth-order valence-electron chi connectivity index (χ4n) is 4.32. The quantitative estimate of drug-likeness (QED) is 0.845. The summed E-state index contributed by atoms with van der Waals surface area (Å²) >= 11 is 0. The maximum atomic E-state index is 13.2. The van der Waals surface area contributed by atoms with Crippen LogP contribution in [0.3, 0.4) is 0 Å². The molecule has 5 nitrogen and oxygen atoms in total. The molecule has 2 aliphatic heterocycles. The summed E-state index contributed by atoms with van der Waals surface area (Å²) in [4.78, 5) is 15.3. The lowest BCUT2D eigenvalue weighted by molar-refractivity contribution is -0.137. The Balaban J connectivity index is 1.58. The molecule has 1 aromatic carbocycles. The Morgan fingerprint density at radius 1 is 1.28 bits per heavy atom. The molecular formula is C20H25N3O2. The molecular weight excluding hydrogens is 314 g/mol. The van der Waals surface area contributed by atoms with Crippen molar-refractivity contribution in [3.63, 3.8) is 0 Å². The largest absolute Gasteiger partial charge is 0.492 e. The molecule has 5 heteroatoms. The van der Waals surface area contributed by atoms with Crippen molar-refractivity contribution in [3.05, 3.63) is 46.8 Å². The summed E-state index contributed by atoms with van der Waals surface area (Å²) in [5, 5.41) is 4.55. The van der Waals surface area contributed by atoms with Crippen LogP contribution in [0.15, 0.2) is 24.3 Å². The number of carbonyl (C=O) groups is 1. The Kier molecular flexibility index (Phi) is 4.02. The van der Waals surface area contributed by atoms with Crippen molar-refractivity contribution in [2.45, 2.75) is 39.2 Å². The number of para-hydroxylation sites is 1. The van der Waals surface area contributed by atoms with Crippen molar-refractivity contribution in [3.8, 4) is 5.75 Å². The smallest absolute Gasteiger partial charge is 0.229 e. The van der Waals surface area contributed by atoms with Crippen LogP contribution in [0.5, 0.6) is 5.75 Å². The van der Waals surface area contributed by atoms with E-state index >= 15 is 0 Å². The average Bonchev–Trinajstić information content (AvgIpc) is 3.18. The van der Waals surface area contributed by atoms with Crippen LogP contribution in [-0.2, 0) is 18.3 Å². The van der Waals surface area contributed by atoms with E-state index in [0.29, 0.717) is 6.61 Å². The van der Waals surface area contributed by atoms with Crippen molar-refractivity contribution in [2.75, 3.05) is 13.2 Å². The summed E-state index contributed by atoms with van der Waals surface area (Å²) in [6, 6.07) is 8.18. The monoisotopic (exact) mass is 339 g/mol. The number of amides is 1. The molecule has 1 saturated heterocycles. The number of carbonyl (C=O) groups excluding carboxylic acids is 1. The van der Waals surface area contributed by atoms with E-state index in [-0.39, 0.29) is 17.9 Å². The van der Waals surface area contributed by atoms with Gasteiger partial charge in [-0.25, -0.2) is 0 Å². The highest BCUT2D eigenvalue weighted by atomic mass is 16.5. The molecule has 132 valence electrons. The minimum absolute atomic E-state index is 0.0900. The average molecular weight is 339 g/mol. The highest BCUT2D eigenvalue weighted by Gasteiger charge is 2.37. The van der Waals surface area contributed by atoms with E-state index in [2.05, 4.69) is 23.0 Å². The van der Waals surface area contributed by atoms with E-state index in [4.69, 9.17) is 4.74 Å². The lowest BCUT2D eigenvalue weighted by Gasteiger charge is -2.31. The zero-order valence-corrected chi connectivity index (χ0v) is 15.2. The van der Waals surface area contributed by atoms with Crippen LogP contribution in [0.25, 0.3) is 0 Å². The first kappa shape index (κ1) is 16.2. The summed E-state index contributed by atoms with van der Waals surface area (Å²) in [7, 11) is 1.97. The molecule has 1 aromatic heterocycles. The summed E-state index contributed by atoms with van der Waals surface area (Å²) in [5.41, 5.74) is 4.56. The molecule has 2 aromatic rings. The zero-order chi connectivity index (χ0) is 17.6. The van der Waals surface area contributed by atoms with Gasteiger partial charge in [-0.05, 0) is 44.7 Å². The topological polar surface area (TPSA) is 47.4 Å². The van der Waals surface area contributed by atoms with Gasteiger partial charge in [-0.2, -0.15) is 5.10 Å². The van der Waals surface area contributed by atoms with Gasteiger partial charge in [0.05, 0.1) is 17.7 Å². The molecule has 2 atom stereocenters. The first-order valence-electron chi connectivity index (χ1n) is 9.07. The third-order valence-corrected chi connectivity index (χ3v) is 5.66. The molecule has 0 unspecified atom stereocenters. The molecule has 0 N–H and O–H groups in total. The number of fused-ring (bicyclic) bond motifs is 1. The van der Waals surface area contributed by atoms with E-state index in [1.54, 1.807) is 0 Å². The van der Waals surface area contributed by atoms with Crippen LogP contribution in [0.4, 0.5) is 0 Å². The van der Waals surface area contributed by atoms with Gasteiger partial charge in [0.25, 0.3) is 0 Å². The fourth-order valence-corrected chi connectivity index (χ4v) is 4.32. The second-order valence-electron chi connectivity index (χ2n) is 7.22. The number of nitrogens with zero attached hydrogens (tertiary/aromatic N) is 3.